The minimum atomic E-state index is -3.72. The van der Waals surface area contributed by atoms with Crippen molar-refractivity contribution in [3.05, 3.63) is 42.4 Å². The maximum atomic E-state index is 13.5. The van der Waals surface area contributed by atoms with Gasteiger partial charge in [0.1, 0.15) is 5.76 Å². The standard InChI is InChI=1S/C20H24N2O4S2/c1-14-11-20(23)21-18-12-17(8-9-19(18)27-14)28(24,25)22(15-5-2-3-6-15)13-16-7-4-10-26-16/h4,7-10,12,14-15H,2-3,5-6,11,13H2,1H3,(H,21,23)/t14-/m1/s1. The Morgan fingerprint density at radius 3 is 2.75 bits per heavy atom. The van der Waals surface area contributed by atoms with Gasteiger partial charge in [-0.15, -0.1) is 11.8 Å². The second-order valence-electron chi connectivity index (χ2n) is 7.41. The molecule has 0 unspecified atom stereocenters. The van der Waals surface area contributed by atoms with Gasteiger partial charge in [0.15, 0.2) is 0 Å². The van der Waals surface area contributed by atoms with Crippen molar-refractivity contribution >= 4 is 33.4 Å². The average Bonchev–Trinajstić information content (AvgIpc) is 3.31. The molecule has 2 heterocycles. The number of thioether (sulfide) groups is 1. The Balaban J connectivity index is 1.69. The van der Waals surface area contributed by atoms with E-state index in [0.29, 0.717) is 17.9 Å². The van der Waals surface area contributed by atoms with E-state index in [9.17, 15) is 13.2 Å². The third-order valence-electron chi connectivity index (χ3n) is 5.26. The Hall–Kier alpha value is -1.77. The number of fused-ring (bicyclic) bond motifs is 1. The van der Waals surface area contributed by atoms with Gasteiger partial charge >= 0.3 is 0 Å². The Morgan fingerprint density at radius 2 is 2.04 bits per heavy atom. The first-order valence-electron chi connectivity index (χ1n) is 9.58. The van der Waals surface area contributed by atoms with E-state index in [1.165, 1.54) is 0 Å². The number of carbonyl (C=O) groups excluding carboxylic acids is 1. The molecule has 1 aliphatic heterocycles. The molecule has 1 atom stereocenters. The molecule has 1 fully saturated rings. The Kier molecular flexibility index (Phi) is 5.53. The van der Waals surface area contributed by atoms with Gasteiger partial charge in [0.05, 0.1) is 23.4 Å². The van der Waals surface area contributed by atoms with Gasteiger partial charge in [-0.2, -0.15) is 4.31 Å². The van der Waals surface area contributed by atoms with Crippen LogP contribution in [0.3, 0.4) is 0 Å². The van der Waals surface area contributed by atoms with Crippen molar-refractivity contribution in [2.75, 3.05) is 5.32 Å². The first-order chi connectivity index (χ1) is 13.4. The fourth-order valence-electron chi connectivity index (χ4n) is 3.88. The number of sulfonamides is 1. The Bertz CT molecular complexity index is 951. The minimum absolute atomic E-state index is 0.0297. The summed E-state index contributed by atoms with van der Waals surface area (Å²) in [6, 6.07) is 8.58. The number of hydrogen-bond acceptors (Lipinski definition) is 5. The van der Waals surface area contributed by atoms with E-state index in [-0.39, 0.29) is 28.6 Å². The van der Waals surface area contributed by atoms with Crippen LogP contribution in [0.5, 0.6) is 0 Å². The molecule has 0 spiro atoms. The summed E-state index contributed by atoms with van der Waals surface area (Å²) in [6.07, 6.45) is 5.75. The summed E-state index contributed by atoms with van der Waals surface area (Å²) < 4.78 is 34.0. The summed E-state index contributed by atoms with van der Waals surface area (Å²) in [4.78, 5) is 13.2. The molecule has 0 radical (unpaired) electrons. The molecule has 1 aromatic heterocycles. The molecule has 1 N–H and O–H groups in total. The zero-order chi connectivity index (χ0) is 19.7. The van der Waals surface area contributed by atoms with Gasteiger partial charge in [0, 0.05) is 22.6 Å². The zero-order valence-electron chi connectivity index (χ0n) is 15.8. The third kappa shape index (κ3) is 3.99. The van der Waals surface area contributed by atoms with Crippen molar-refractivity contribution in [1.82, 2.24) is 4.31 Å². The number of furan rings is 1. The van der Waals surface area contributed by atoms with Crippen LogP contribution in [-0.4, -0.2) is 29.9 Å². The molecule has 0 saturated heterocycles. The SMILES string of the molecule is C[C@@H]1CC(=O)Nc2cc(S(=O)(=O)N(Cc3ccco3)C3CCCC3)ccc2S1. The molecule has 0 bridgehead atoms. The van der Waals surface area contributed by atoms with Crippen LogP contribution in [0.25, 0.3) is 0 Å². The predicted octanol–water partition coefficient (Wildman–Crippen LogP) is 4.24. The monoisotopic (exact) mass is 420 g/mol. The zero-order valence-corrected chi connectivity index (χ0v) is 17.4. The van der Waals surface area contributed by atoms with Crippen molar-refractivity contribution in [3.8, 4) is 0 Å². The summed E-state index contributed by atoms with van der Waals surface area (Å²) in [5, 5.41) is 3.01. The van der Waals surface area contributed by atoms with Gasteiger partial charge in [0.2, 0.25) is 15.9 Å². The van der Waals surface area contributed by atoms with Gasteiger partial charge in [-0.3, -0.25) is 4.79 Å². The molecule has 150 valence electrons. The summed E-state index contributed by atoms with van der Waals surface area (Å²) in [7, 11) is -3.72. The first kappa shape index (κ1) is 19.5. The highest BCUT2D eigenvalue weighted by atomic mass is 32.2. The Morgan fingerprint density at radius 1 is 1.25 bits per heavy atom. The molecular weight excluding hydrogens is 396 g/mol. The van der Waals surface area contributed by atoms with Crippen molar-refractivity contribution in [3.63, 3.8) is 0 Å². The molecule has 1 amide bonds. The number of nitrogens with zero attached hydrogens (tertiary/aromatic N) is 1. The number of anilines is 1. The number of carbonyl (C=O) groups is 1. The van der Waals surface area contributed by atoms with Crippen LogP contribution in [0.1, 0.15) is 44.8 Å². The van der Waals surface area contributed by atoms with Gasteiger partial charge in [0.25, 0.3) is 0 Å². The van der Waals surface area contributed by atoms with E-state index in [2.05, 4.69) is 5.32 Å². The van der Waals surface area contributed by atoms with Crippen LogP contribution in [0.15, 0.2) is 50.8 Å². The van der Waals surface area contributed by atoms with Crippen molar-refractivity contribution < 1.29 is 17.6 Å². The van der Waals surface area contributed by atoms with Gasteiger partial charge in [-0.25, -0.2) is 8.42 Å². The van der Waals surface area contributed by atoms with Crippen molar-refractivity contribution in [2.45, 2.75) is 66.7 Å². The van der Waals surface area contributed by atoms with Crippen LogP contribution < -0.4 is 5.32 Å². The van der Waals surface area contributed by atoms with E-state index >= 15 is 0 Å². The highest BCUT2D eigenvalue weighted by Crippen LogP contribution is 2.38. The van der Waals surface area contributed by atoms with Crippen LogP contribution >= 0.6 is 11.8 Å². The molecule has 4 rings (SSSR count). The van der Waals surface area contributed by atoms with Crippen LogP contribution in [0.2, 0.25) is 0 Å². The lowest BCUT2D eigenvalue weighted by molar-refractivity contribution is -0.116. The smallest absolute Gasteiger partial charge is 0.243 e. The fraction of sp³-hybridized carbons (Fsp3) is 0.450. The molecule has 1 aliphatic carbocycles. The fourth-order valence-corrected chi connectivity index (χ4v) is 6.61. The predicted molar refractivity (Wildman–Crippen MR) is 109 cm³/mol. The van der Waals surface area contributed by atoms with Crippen LogP contribution in [-0.2, 0) is 21.4 Å². The van der Waals surface area contributed by atoms with E-state index in [0.717, 1.165) is 30.6 Å². The van der Waals surface area contributed by atoms with Crippen LogP contribution in [0.4, 0.5) is 5.69 Å². The quantitative estimate of drug-likeness (QED) is 0.783. The van der Waals surface area contributed by atoms with Crippen LogP contribution in [0, 0.1) is 0 Å². The maximum absolute atomic E-state index is 13.5. The topological polar surface area (TPSA) is 79.6 Å². The summed E-state index contributed by atoms with van der Waals surface area (Å²) in [6.45, 7) is 2.21. The molecule has 1 aromatic carbocycles. The molecule has 8 heteroatoms. The Labute approximate surface area is 169 Å². The number of hydrogen-bond donors (Lipinski definition) is 1. The normalized spacial score (nSPS) is 20.8. The highest BCUT2D eigenvalue weighted by Gasteiger charge is 2.34. The lowest BCUT2D eigenvalue weighted by Crippen LogP contribution is -2.38. The van der Waals surface area contributed by atoms with E-state index in [1.807, 2.05) is 6.92 Å². The number of benzene rings is 1. The molecule has 1 saturated carbocycles. The van der Waals surface area contributed by atoms with Crippen molar-refractivity contribution in [1.29, 1.82) is 0 Å². The highest BCUT2D eigenvalue weighted by molar-refractivity contribution is 8.00. The molecular formula is C20H24N2O4S2. The maximum Gasteiger partial charge on any atom is 0.243 e. The average molecular weight is 421 g/mol. The van der Waals surface area contributed by atoms with Gasteiger partial charge in [-0.1, -0.05) is 19.8 Å². The largest absolute Gasteiger partial charge is 0.468 e. The first-order valence-corrected chi connectivity index (χ1v) is 11.9. The van der Waals surface area contributed by atoms with E-state index in [1.54, 1.807) is 52.7 Å². The molecule has 2 aromatic rings. The minimum Gasteiger partial charge on any atom is -0.468 e. The lowest BCUT2D eigenvalue weighted by Gasteiger charge is -2.27. The molecule has 28 heavy (non-hydrogen) atoms. The summed E-state index contributed by atoms with van der Waals surface area (Å²) in [5.74, 6) is 0.541. The second kappa shape index (κ2) is 7.93. The lowest BCUT2D eigenvalue weighted by atomic mass is 10.2. The summed E-state index contributed by atoms with van der Waals surface area (Å²) >= 11 is 1.59. The summed E-state index contributed by atoms with van der Waals surface area (Å²) in [5.41, 5.74) is 0.574. The third-order valence-corrected chi connectivity index (χ3v) is 8.33. The van der Waals surface area contributed by atoms with E-state index < -0.39 is 10.0 Å². The number of amides is 1. The van der Waals surface area contributed by atoms with E-state index in [4.69, 9.17) is 4.42 Å². The molecule has 2 aliphatic rings. The molecule has 6 nitrogen and oxygen atoms in total. The van der Waals surface area contributed by atoms with Crippen molar-refractivity contribution in [2.24, 2.45) is 0 Å². The van der Waals surface area contributed by atoms with Gasteiger partial charge < -0.3 is 9.73 Å². The number of rotatable bonds is 5. The second-order valence-corrected chi connectivity index (χ2v) is 10.8. The van der Waals surface area contributed by atoms with Gasteiger partial charge in [-0.05, 0) is 43.2 Å². The number of nitrogens with one attached hydrogen (secondary N) is 1.